The molecule has 0 bridgehead atoms. The van der Waals surface area contributed by atoms with E-state index in [0.717, 1.165) is 6.42 Å². The van der Waals surface area contributed by atoms with Gasteiger partial charge in [0.05, 0.1) is 24.0 Å². The number of nitrogens with zero attached hydrogens (tertiary/aromatic N) is 2. The van der Waals surface area contributed by atoms with Gasteiger partial charge in [-0.3, -0.25) is 0 Å². The van der Waals surface area contributed by atoms with Crippen molar-refractivity contribution >= 4 is 0 Å². The van der Waals surface area contributed by atoms with Gasteiger partial charge in [-0.15, -0.1) is 0 Å². The maximum absolute atomic E-state index is 8.86. The van der Waals surface area contributed by atoms with E-state index in [1.54, 1.807) is 0 Å². The maximum Gasteiger partial charge on any atom is 0.0662 e. The van der Waals surface area contributed by atoms with E-state index < -0.39 is 0 Å². The van der Waals surface area contributed by atoms with Crippen LogP contribution in [0.3, 0.4) is 0 Å². The van der Waals surface area contributed by atoms with Crippen molar-refractivity contribution in [2.75, 3.05) is 0 Å². The molecule has 5 atom stereocenters. The van der Waals surface area contributed by atoms with E-state index in [1.807, 2.05) is 0 Å². The monoisotopic (exact) mass is 160 g/mol. The first-order chi connectivity index (χ1) is 5.77. The molecule has 2 fully saturated rings. The normalized spacial score (nSPS) is 50.1. The molecule has 0 radical (unpaired) electrons. The lowest BCUT2D eigenvalue weighted by Gasteiger charge is -2.19. The summed E-state index contributed by atoms with van der Waals surface area (Å²) in [5.41, 5.74) is 0. The average Bonchev–Trinajstić information content (AvgIpc) is 2.76. The Hall–Kier alpha value is -1.02. The zero-order chi connectivity index (χ0) is 8.72. The maximum atomic E-state index is 8.86. The largest absolute Gasteiger partial charge is 0.198 e. The molecule has 0 spiro atoms. The number of nitriles is 2. The highest BCUT2D eigenvalue weighted by Gasteiger charge is 2.57. The van der Waals surface area contributed by atoms with Gasteiger partial charge in [-0.05, 0) is 30.6 Å². The Balaban J connectivity index is 2.11. The number of hydrogen-bond acceptors (Lipinski definition) is 2. The average molecular weight is 160 g/mol. The smallest absolute Gasteiger partial charge is 0.0662 e. The molecule has 12 heavy (non-hydrogen) atoms. The van der Waals surface area contributed by atoms with Crippen LogP contribution in [0, 0.1) is 52.3 Å². The first kappa shape index (κ1) is 7.62. The topological polar surface area (TPSA) is 47.6 Å². The Morgan fingerprint density at radius 2 is 1.92 bits per heavy atom. The lowest BCUT2D eigenvalue weighted by molar-refractivity contribution is 0.314. The Labute approximate surface area is 72.8 Å². The van der Waals surface area contributed by atoms with Crippen molar-refractivity contribution in [3.8, 4) is 12.1 Å². The standard InChI is InChI=1S/C10H12N2/c1-6-2-7(4-11)10-8(3-6)9(10)5-12/h6-10H,2-3H2,1H3. The summed E-state index contributed by atoms with van der Waals surface area (Å²) in [7, 11) is 0. The molecule has 0 aliphatic heterocycles. The minimum Gasteiger partial charge on any atom is -0.198 e. The summed E-state index contributed by atoms with van der Waals surface area (Å²) >= 11 is 0. The SMILES string of the molecule is CC1CC(C#N)C2C(C#N)C2C1. The summed E-state index contributed by atoms with van der Waals surface area (Å²) in [4.78, 5) is 0. The summed E-state index contributed by atoms with van der Waals surface area (Å²) in [6.07, 6.45) is 2.18. The van der Waals surface area contributed by atoms with Gasteiger partial charge < -0.3 is 0 Å². The van der Waals surface area contributed by atoms with Crippen LogP contribution in [0.2, 0.25) is 0 Å². The van der Waals surface area contributed by atoms with Gasteiger partial charge in [0.25, 0.3) is 0 Å². The molecule has 0 aromatic heterocycles. The molecule has 2 aliphatic rings. The molecule has 0 N–H and O–H groups in total. The fourth-order valence-electron chi connectivity index (χ4n) is 2.72. The van der Waals surface area contributed by atoms with Gasteiger partial charge in [0, 0.05) is 0 Å². The van der Waals surface area contributed by atoms with E-state index in [0.29, 0.717) is 17.8 Å². The molecular weight excluding hydrogens is 148 g/mol. The van der Waals surface area contributed by atoms with Crippen molar-refractivity contribution in [3.05, 3.63) is 0 Å². The molecule has 0 heterocycles. The van der Waals surface area contributed by atoms with Crippen LogP contribution >= 0.6 is 0 Å². The van der Waals surface area contributed by atoms with E-state index in [2.05, 4.69) is 19.1 Å². The fraction of sp³-hybridized carbons (Fsp3) is 0.800. The molecule has 0 aromatic rings. The molecule has 2 rings (SSSR count). The van der Waals surface area contributed by atoms with Crippen molar-refractivity contribution in [3.63, 3.8) is 0 Å². The Kier molecular flexibility index (Phi) is 1.58. The van der Waals surface area contributed by atoms with Gasteiger partial charge in [0.1, 0.15) is 0 Å². The molecule has 0 saturated heterocycles. The number of hydrogen-bond donors (Lipinski definition) is 0. The molecular formula is C10H12N2. The van der Waals surface area contributed by atoms with Crippen LogP contribution in [-0.4, -0.2) is 0 Å². The molecule has 2 heteroatoms. The highest BCUT2D eigenvalue weighted by atomic mass is 14.6. The molecule has 2 aliphatic carbocycles. The second-order valence-corrected chi connectivity index (χ2v) is 4.21. The molecule has 0 aromatic carbocycles. The van der Waals surface area contributed by atoms with Crippen LogP contribution in [0.5, 0.6) is 0 Å². The van der Waals surface area contributed by atoms with E-state index in [1.165, 1.54) is 6.42 Å². The van der Waals surface area contributed by atoms with Gasteiger partial charge in [0.2, 0.25) is 0 Å². The van der Waals surface area contributed by atoms with Gasteiger partial charge in [-0.2, -0.15) is 10.5 Å². The lowest BCUT2D eigenvalue weighted by Crippen LogP contribution is -2.14. The predicted molar refractivity (Wildman–Crippen MR) is 43.6 cm³/mol. The third-order valence-corrected chi connectivity index (χ3v) is 3.34. The first-order valence-corrected chi connectivity index (χ1v) is 4.57. The number of fused-ring (bicyclic) bond motifs is 1. The molecule has 62 valence electrons. The minimum atomic E-state index is 0.170. The molecule has 2 saturated carbocycles. The van der Waals surface area contributed by atoms with Crippen LogP contribution < -0.4 is 0 Å². The second-order valence-electron chi connectivity index (χ2n) is 4.21. The van der Waals surface area contributed by atoms with Crippen LogP contribution in [-0.2, 0) is 0 Å². The summed E-state index contributed by atoms with van der Waals surface area (Å²) in [6.45, 7) is 2.19. The van der Waals surface area contributed by atoms with Crippen molar-refractivity contribution in [2.24, 2.45) is 29.6 Å². The lowest BCUT2D eigenvalue weighted by atomic mass is 9.83. The number of rotatable bonds is 0. The van der Waals surface area contributed by atoms with E-state index in [9.17, 15) is 0 Å². The van der Waals surface area contributed by atoms with E-state index in [4.69, 9.17) is 10.5 Å². The molecule has 5 unspecified atom stereocenters. The second kappa shape index (κ2) is 2.49. The quantitative estimate of drug-likeness (QED) is 0.543. The highest BCUT2D eigenvalue weighted by Crippen LogP contribution is 2.58. The summed E-state index contributed by atoms with van der Waals surface area (Å²) in [6, 6.07) is 4.65. The van der Waals surface area contributed by atoms with Crippen LogP contribution in [0.15, 0.2) is 0 Å². The van der Waals surface area contributed by atoms with Crippen molar-refractivity contribution in [2.45, 2.75) is 19.8 Å². The van der Waals surface area contributed by atoms with Gasteiger partial charge in [-0.25, -0.2) is 0 Å². The Morgan fingerprint density at radius 3 is 2.50 bits per heavy atom. The van der Waals surface area contributed by atoms with Crippen LogP contribution in [0.4, 0.5) is 0 Å². The summed E-state index contributed by atoms with van der Waals surface area (Å²) < 4.78 is 0. The van der Waals surface area contributed by atoms with Crippen molar-refractivity contribution in [1.29, 1.82) is 10.5 Å². The Morgan fingerprint density at radius 1 is 1.17 bits per heavy atom. The minimum absolute atomic E-state index is 0.170. The first-order valence-electron chi connectivity index (χ1n) is 4.57. The van der Waals surface area contributed by atoms with Gasteiger partial charge >= 0.3 is 0 Å². The predicted octanol–water partition coefficient (Wildman–Crippen LogP) is 1.94. The molecule has 2 nitrogen and oxygen atoms in total. The fourth-order valence-corrected chi connectivity index (χ4v) is 2.72. The van der Waals surface area contributed by atoms with E-state index in [-0.39, 0.29) is 11.8 Å². The third-order valence-electron chi connectivity index (χ3n) is 3.34. The van der Waals surface area contributed by atoms with Crippen molar-refractivity contribution < 1.29 is 0 Å². The zero-order valence-electron chi connectivity index (χ0n) is 7.20. The summed E-state index contributed by atoms with van der Waals surface area (Å²) in [5, 5.41) is 17.6. The highest BCUT2D eigenvalue weighted by molar-refractivity contribution is 5.16. The summed E-state index contributed by atoms with van der Waals surface area (Å²) in [5.74, 6) is 2.01. The molecule has 0 amide bonds. The zero-order valence-corrected chi connectivity index (χ0v) is 7.20. The van der Waals surface area contributed by atoms with Gasteiger partial charge in [-0.1, -0.05) is 6.92 Å². The third kappa shape index (κ3) is 0.916. The van der Waals surface area contributed by atoms with Crippen LogP contribution in [0.25, 0.3) is 0 Å². The van der Waals surface area contributed by atoms with Crippen molar-refractivity contribution in [1.82, 2.24) is 0 Å². The van der Waals surface area contributed by atoms with Gasteiger partial charge in [0.15, 0.2) is 0 Å². The van der Waals surface area contributed by atoms with Crippen LogP contribution in [0.1, 0.15) is 19.8 Å². The Bertz CT molecular complexity index is 271. The van der Waals surface area contributed by atoms with E-state index >= 15 is 0 Å².